The Balaban J connectivity index is 3.16. The van der Waals surface area contributed by atoms with Gasteiger partial charge in [-0.15, -0.1) is 0 Å². The largest absolute Gasteiger partial charge is 0.383 e. The van der Waals surface area contributed by atoms with Crippen molar-refractivity contribution >= 4 is 15.9 Å². The van der Waals surface area contributed by atoms with Crippen LogP contribution in [0.1, 0.15) is 15.9 Å². The molecule has 1 amide bonds. The summed E-state index contributed by atoms with van der Waals surface area (Å²) in [6, 6.07) is 4.24. The average molecular weight is 316 g/mol. The number of rotatable bonds is 7. The van der Waals surface area contributed by atoms with Crippen molar-refractivity contribution in [2.45, 2.75) is 11.5 Å². The van der Waals surface area contributed by atoms with Crippen molar-refractivity contribution in [2.75, 3.05) is 34.4 Å². The van der Waals surface area contributed by atoms with Gasteiger partial charge in [0, 0.05) is 33.4 Å². The number of ether oxygens (including phenoxy) is 2. The maximum Gasteiger partial charge on any atom is 0.253 e. The van der Waals surface area contributed by atoms with Crippen molar-refractivity contribution in [1.29, 1.82) is 0 Å². The van der Waals surface area contributed by atoms with Crippen molar-refractivity contribution in [1.82, 2.24) is 4.90 Å². The summed E-state index contributed by atoms with van der Waals surface area (Å²) >= 11 is 0. The predicted octanol–water partition coefficient (Wildman–Crippen LogP) is 0.199. The van der Waals surface area contributed by atoms with Crippen LogP contribution in [0.25, 0.3) is 0 Å². The van der Waals surface area contributed by atoms with Crippen LogP contribution in [0.4, 0.5) is 0 Å². The summed E-state index contributed by atoms with van der Waals surface area (Å²) < 4.78 is 32.9. The first-order chi connectivity index (χ1) is 9.79. The third-order valence-corrected chi connectivity index (χ3v) is 3.72. The molecular formula is C13H20N2O5S. The van der Waals surface area contributed by atoms with E-state index >= 15 is 0 Å². The highest BCUT2D eigenvalue weighted by molar-refractivity contribution is 7.89. The zero-order chi connectivity index (χ0) is 16.0. The van der Waals surface area contributed by atoms with E-state index in [4.69, 9.17) is 14.6 Å². The molecule has 1 aromatic rings. The molecule has 8 heteroatoms. The first-order valence-electron chi connectivity index (χ1n) is 6.19. The highest BCUT2D eigenvalue weighted by Gasteiger charge is 2.17. The van der Waals surface area contributed by atoms with Crippen LogP contribution in [0.15, 0.2) is 23.1 Å². The van der Waals surface area contributed by atoms with Gasteiger partial charge in [-0.3, -0.25) is 4.79 Å². The quantitative estimate of drug-likeness (QED) is 0.774. The Morgan fingerprint density at radius 2 is 1.90 bits per heavy atom. The molecule has 0 aliphatic heterocycles. The third-order valence-electron chi connectivity index (χ3n) is 2.83. The number of carbonyl (C=O) groups is 1. The van der Waals surface area contributed by atoms with Gasteiger partial charge in [0.15, 0.2) is 0 Å². The predicted molar refractivity (Wildman–Crippen MR) is 77.4 cm³/mol. The molecule has 0 radical (unpaired) electrons. The number of nitrogens with zero attached hydrogens (tertiary/aromatic N) is 1. The normalized spacial score (nSPS) is 11.4. The smallest absolute Gasteiger partial charge is 0.253 e. The summed E-state index contributed by atoms with van der Waals surface area (Å²) in [7, 11) is 0.739. The number of nitrogens with two attached hydrogens (primary N) is 1. The van der Waals surface area contributed by atoms with E-state index in [1.165, 1.54) is 31.3 Å². The minimum atomic E-state index is -3.89. The van der Waals surface area contributed by atoms with Crippen molar-refractivity contribution in [3.05, 3.63) is 29.3 Å². The molecule has 0 aromatic heterocycles. The zero-order valence-electron chi connectivity index (χ0n) is 12.3. The Labute approximate surface area is 124 Å². The lowest BCUT2D eigenvalue weighted by molar-refractivity contribution is 0.0743. The number of hydrogen-bond acceptors (Lipinski definition) is 5. The van der Waals surface area contributed by atoms with Gasteiger partial charge in [0.2, 0.25) is 10.0 Å². The number of methoxy groups -OCH3 is 2. The number of likely N-dealkylation sites (N-methyl/N-ethyl adjacent to an activating group) is 1. The van der Waals surface area contributed by atoms with Crippen molar-refractivity contribution < 1.29 is 22.7 Å². The molecule has 0 spiro atoms. The van der Waals surface area contributed by atoms with Crippen LogP contribution in [-0.2, 0) is 26.1 Å². The minimum absolute atomic E-state index is 0.111. The second-order valence-corrected chi connectivity index (χ2v) is 6.12. The Hall–Kier alpha value is -1.48. The molecule has 0 fully saturated rings. The van der Waals surface area contributed by atoms with Gasteiger partial charge in [-0.2, -0.15) is 0 Å². The van der Waals surface area contributed by atoms with E-state index in [-0.39, 0.29) is 23.0 Å². The molecule has 0 unspecified atom stereocenters. The number of primary sulfonamides is 1. The van der Waals surface area contributed by atoms with Gasteiger partial charge < -0.3 is 14.4 Å². The fourth-order valence-electron chi connectivity index (χ4n) is 1.75. The van der Waals surface area contributed by atoms with Crippen LogP contribution in [-0.4, -0.2) is 53.6 Å². The van der Waals surface area contributed by atoms with Crippen LogP contribution >= 0.6 is 0 Å². The van der Waals surface area contributed by atoms with E-state index in [2.05, 4.69) is 0 Å². The highest BCUT2D eigenvalue weighted by Crippen LogP contribution is 2.16. The van der Waals surface area contributed by atoms with Gasteiger partial charge in [-0.25, -0.2) is 13.6 Å². The molecule has 21 heavy (non-hydrogen) atoms. The van der Waals surface area contributed by atoms with E-state index in [9.17, 15) is 13.2 Å². The number of benzene rings is 1. The fourth-order valence-corrected chi connectivity index (χ4v) is 2.36. The zero-order valence-corrected chi connectivity index (χ0v) is 13.1. The van der Waals surface area contributed by atoms with Crippen LogP contribution in [0.2, 0.25) is 0 Å². The van der Waals surface area contributed by atoms with Gasteiger partial charge in [0.25, 0.3) is 5.91 Å². The lowest BCUT2D eigenvalue weighted by atomic mass is 10.1. The first-order valence-corrected chi connectivity index (χ1v) is 7.74. The molecule has 0 saturated carbocycles. The van der Waals surface area contributed by atoms with Crippen LogP contribution in [0.3, 0.4) is 0 Å². The molecular weight excluding hydrogens is 296 g/mol. The van der Waals surface area contributed by atoms with Gasteiger partial charge in [-0.1, -0.05) is 0 Å². The Morgan fingerprint density at radius 3 is 2.43 bits per heavy atom. The van der Waals surface area contributed by atoms with Crippen molar-refractivity contribution in [3.8, 4) is 0 Å². The number of hydrogen-bond donors (Lipinski definition) is 1. The maximum absolute atomic E-state index is 12.3. The summed E-state index contributed by atoms with van der Waals surface area (Å²) in [6.45, 7) is 0.974. The van der Waals surface area contributed by atoms with Gasteiger partial charge >= 0.3 is 0 Å². The van der Waals surface area contributed by atoms with Gasteiger partial charge in [-0.05, 0) is 23.8 Å². The summed E-state index contributed by atoms with van der Waals surface area (Å²) in [6.07, 6.45) is 0. The lowest BCUT2D eigenvalue weighted by Crippen LogP contribution is -2.30. The molecule has 0 atom stereocenters. The van der Waals surface area contributed by atoms with Crippen LogP contribution in [0, 0.1) is 0 Å². The fraction of sp³-hybridized carbons (Fsp3) is 0.462. The minimum Gasteiger partial charge on any atom is -0.383 e. The molecule has 7 nitrogen and oxygen atoms in total. The van der Waals surface area contributed by atoms with E-state index in [0.29, 0.717) is 18.7 Å². The molecule has 0 bridgehead atoms. The second kappa shape index (κ2) is 7.51. The maximum atomic E-state index is 12.3. The summed E-state index contributed by atoms with van der Waals surface area (Å²) in [5.74, 6) is -0.310. The van der Waals surface area contributed by atoms with E-state index in [0.717, 1.165) is 0 Å². The lowest BCUT2D eigenvalue weighted by Gasteiger charge is -2.17. The molecule has 1 rings (SSSR count). The number of amides is 1. The first kappa shape index (κ1) is 17.6. The molecule has 0 saturated heterocycles. The Kier molecular flexibility index (Phi) is 6.28. The monoisotopic (exact) mass is 316 g/mol. The van der Waals surface area contributed by atoms with Gasteiger partial charge in [0.1, 0.15) is 0 Å². The molecule has 1 aromatic carbocycles. The second-order valence-electron chi connectivity index (χ2n) is 4.56. The Morgan fingerprint density at radius 1 is 1.24 bits per heavy atom. The molecule has 0 aliphatic rings. The highest BCUT2D eigenvalue weighted by atomic mass is 32.2. The summed E-state index contributed by atoms with van der Waals surface area (Å²) in [5.41, 5.74) is 0.805. The molecule has 0 heterocycles. The van der Waals surface area contributed by atoms with E-state index in [1.54, 1.807) is 13.1 Å². The van der Waals surface area contributed by atoms with Gasteiger partial charge in [0.05, 0.1) is 18.1 Å². The van der Waals surface area contributed by atoms with E-state index < -0.39 is 10.0 Å². The number of carbonyl (C=O) groups excluding carboxylic acids is 1. The standard InChI is InChI=1S/C13H20N2O5S/c1-15(4-5-19-2)13(16)11-6-10(9-20-3)7-12(8-11)21(14,17)18/h6-8H,4-5,9H2,1-3H3,(H2,14,17,18). The van der Waals surface area contributed by atoms with Crippen molar-refractivity contribution in [3.63, 3.8) is 0 Å². The van der Waals surface area contributed by atoms with Crippen LogP contribution < -0.4 is 5.14 Å². The van der Waals surface area contributed by atoms with E-state index in [1.807, 2.05) is 0 Å². The van der Waals surface area contributed by atoms with Crippen LogP contribution in [0.5, 0.6) is 0 Å². The molecule has 2 N–H and O–H groups in total. The third kappa shape index (κ3) is 5.09. The Bertz CT molecular complexity index is 601. The summed E-state index contributed by atoms with van der Waals surface area (Å²) in [5, 5.41) is 5.13. The topological polar surface area (TPSA) is 98.9 Å². The molecule has 118 valence electrons. The average Bonchev–Trinajstić information content (AvgIpc) is 2.43. The SMILES string of the molecule is COCCN(C)C(=O)c1cc(COC)cc(S(N)(=O)=O)c1. The van der Waals surface area contributed by atoms with Crippen molar-refractivity contribution in [2.24, 2.45) is 5.14 Å². The summed E-state index contributed by atoms with van der Waals surface area (Å²) in [4.78, 5) is 13.6. The number of sulfonamides is 1. The molecule has 0 aliphatic carbocycles.